The minimum atomic E-state index is -1.29. The first-order chi connectivity index (χ1) is 8.08. The quantitative estimate of drug-likeness (QED) is 0.582. The fourth-order valence-corrected chi connectivity index (χ4v) is 2.64. The zero-order chi connectivity index (χ0) is 12.7. The Morgan fingerprint density at radius 2 is 1.88 bits per heavy atom. The Bertz CT molecular complexity index is 455. The summed E-state index contributed by atoms with van der Waals surface area (Å²) in [7, 11) is 0. The highest BCUT2D eigenvalue weighted by atomic mass is 16.7. The lowest BCUT2D eigenvalue weighted by Gasteiger charge is -2.28. The molecule has 0 aromatic carbocycles. The molecule has 17 heavy (non-hydrogen) atoms. The highest BCUT2D eigenvalue weighted by molar-refractivity contribution is 5.92. The van der Waals surface area contributed by atoms with Crippen LogP contribution in [0.3, 0.4) is 0 Å². The van der Waals surface area contributed by atoms with Crippen LogP contribution >= 0.6 is 0 Å². The van der Waals surface area contributed by atoms with E-state index in [4.69, 9.17) is 15.2 Å². The van der Waals surface area contributed by atoms with E-state index in [2.05, 4.69) is 17.1 Å². The second kappa shape index (κ2) is 3.43. The molecular formula is C11H15N4O2+. The number of rotatable bonds is 4. The Morgan fingerprint density at radius 3 is 2.24 bits per heavy atom. The van der Waals surface area contributed by atoms with Crippen molar-refractivity contribution in [2.45, 2.75) is 26.2 Å². The molecule has 1 aliphatic heterocycles. The number of nitrogens with two attached hydrogens (primary N) is 1. The minimum Gasteiger partial charge on any atom is -0.314 e. The lowest BCUT2D eigenvalue weighted by atomic mass is 9.94. The molecule has 3 N–H and O–H groups in total. The predicted octanol–water partition coefficient (Wildman–Crippen LogP) is -1.41. The topological polar surface area (TPSA) is 106 Å². The van der Waals surface area contributed by atoms with Gasteiger partial charge in [-0.3, -0.25) is 5.73 Å². The molecule has 1 aliphatic carbocycles. The van der Waals surface area contributed by atoms with E-state index >= 15 is 0 Å². The molecule has 1 fully saturated rings. The monoisotopic (exact) mass is 235 g/mol. The highest BCUT2D eigenvalue weighted by Crippen LogP contribution is 2.69. The van der Waals surface area contributed by atoms with E-state index in [0.717, 1.165) is 0 Å². The van der Waals surface area contributed by atoms with Crippen molar-refractivity contribution >= 4 is 5.84 Å². The van der Waals surface area contributed by atoms with Gasteiger partial charge < -0.3 is 9.47 Å². The normalized spacial score (nSPS) is 36.6. The summed E-state index contributed by atoms with van der Waals surface area (Å²) in [5.74, 6) is -1.02. The van der Waals surface area contributed by atoms with Crippen LogP contribution in [0, 0.1) is 33.5 Å². The van der Waals surface area contributed by atoms with E-state index in [1.54, 1.807) is 13.8 Å². The highest BCUT2D eigenvalue weighted by Gasteiger charge is 2.90. The lowest BCUT2D eigenvalue weighted by Crippen LogP contribution is -2.90. The van der Waals surface area contributed by atoms with Gasteiger partial charge >= 0.3 is 5.91 Å². The second-order valence-electron chi connectivity index (χ2n) is 4.23. The number of amidine groups is 1. The van der Waals surface area contributed by atoms with Gasteiger partial charge in [0.2, 0.25) is 0 Å². The van der Waals surface area contributed by atoms with Crippen LogP contribution in [-0.4, -0.2) is 25.0 Å². The van der Waals surface area contributed by atoms with Gasteiger partial charge in [-0.05, 0) is 13.8 Å². The first-order valence-electron chi connectivity index (χ1n) is 5.59. The average molecular weight is 235 g/mol. The lowest BCUT2D eigenvalue weighted by molar-refractivity contribution is -0.692. The second-order valence-corrected chi connectivity index (χ2v) is 4.23. The van der Waals surface area contributed by atoms with Gasteiger partial charge in [0.15, 0.2) is 10.8 Å². The predicted molar refractivity (Wildman–Crippen MR) is 56.8 cm³/mol. The third kappa shape index (κ3) is 1.07. The molecule has 1 heterocycles. The summed E-state index contributed by atoms with van der Waals surface area (Å²) in [5, 5.41) is 18.6. The Kier molecular flexibility index (Phi) is 2.39. The summed E-state index contributed by atoms with van der Waals surface area (Å²) in [5.41, 5.74) is 3.82. The number of nitrogens with one attached hydrogen (secondary N) is 1. The molecule has 0 bridgehead atoms. The van der Waals surface area contributed by atoms with Gasteiger partial charge in [-0.2, -0.15) is 10.5 Å². The van der Waals surface area contributed by atoms with E-state index in [-0.39, 0.29) is 5.84 Å². The number of hydrogen-bond acceptors (Lipinski definition) is 5. The van der Waals surface area contributed by atoms with Crippen LogP contribution in [0.2, 0.25) is 0 Å². The van der Waals surface area contributed by atoms with Gasteiger partial charge in [0.1, 0.15) is 0 Å². The molecule has 0 radical (unpaired) electrons. The standard InChI is InChI=1S/C11H14N4O2/c1-3-16-11(17-4-2)10(7-13)5-9(10,6-12)8(14)15-11/h3-5H2,1-2H3,(H2,14,15)/p+1/t9-,10-/m0/s1. The Morgan fingerprint density at radius 1 is 1.29 bits per heavy atom. The molecule has 0 unspecified atom stereocenters. The van der Waals surface area contributed by atoms with Gasteiger partial charge in [0.25, 0.3) is 5.84 Å². The van der Waals surface area contributed by atoms with Crippen LogP contribution in [0.5, 0.6) is 0 Å². The minimum absolute atomic E-state index is 0.267. The van der Waals surface area contributed by atoms with Crippen LogP contribution in [0.4, 0.5) is 0 Å². The Labute approximate surface area is 99.6 Å². The van der Waals surface area contributed by atoms with Crippen molar-refractivity contribution in [2.24, 2.45) is 16.6 Å². The number of nitrogens with zero attached hydrogens (tertiary/aromatic N) is 2. The zero-order valence-electron chi connectivity index (χ0n) is 9.91. The van der Waals surface area contributed by atoms with E-state index in [1.165, 1.54) is 0 Å². The molecule has 0 amide bonds. The molecule has 0 saturated heterocycles. The van der Waals surface area contributed by atoms with Gasteiger partial charge in [-0.25, -0.2) is 4.99 Å². The maximum absolute atomic E-state index is 9.40. The van der Waals surface area contributed by atoms with Crippen molar-refractivity contribution < 1.29 is 14.5 Å². The maximum atomic E-state index is 9.40. The largest absolute Gasteiger partial charge is 0.342 e. The SMILES string of the molecule is CCOC1(OCC)[NH+]=C(N)[C@@]2(C#N)C[C@@]12C#N. The Hall–Kier alpha value is -1.63. The fourth-order valence-electron chi connectivity index (χ4n) is 2.64. The average Bonchev–Trinajstić information content (AvgIpc) is 2.96. The first kappa shape index (κ1) is 11.8. The molecule has 2 rings (SSSR count). The zero-order valence-corrected chi connectivity index (χ0v) is 9.91. The summed E-state index contributed by atoms with van der Waals surface area (Å²) >= 11 is 0. The van der Waals surface area contributed by atoms with Crippen LogP contribution < -0.4 is 10.7 Å². The van der Waals surface area contributed by atoms with Crippen molar-refractivity contribution in [3.63, 3.8) is 0 Å². The molecule has 0 spiro atoms. The smallest absolute Gasteiger partial charge is 0.314 e. The number of ether oxygens (including phenoxy) is 2. The van der Waals surface area contributed by atoms with Gasteiger partial charge in [-0.15, -0.1) is 0 Å². The third-order valence-electron chi connectivity index (χ3n) is 3.53. The van der Waals surface area contributed by atoms with Gasteiger partial charge in [-0.1, -0.05) is 0 Å². The van der Waals surface area contributed by atoms with Crippen molar-refractivity contribution in [3.05, 3.63) is 0 Å². The molecule has 90 valence electrons. The van der Waals surface area contributed by atoms with E-state index in [1.807, 2.05) is 0 Å². The summed E-state index contributed by atoms with van der Waals surface area (Å²) in [6.07, 6.45) is 0.353. The molecule has 6 nitrogen and oxygen atoms in total. The van der Waals surface area contributed by atoms with Crippen LogP contribution in [0.15, 0.2) is 0 Å². The van der Waals surface area contributed by atoms with Gasteiger partial charge in [0.05, 0.1) is 25.4 Å². The van der Waals surface area contributed by atoms with Crippen molar-refractivity contribution in [2.75, 3.05) is 13.2 Å². The molecule has 0 aromatic rings. The van der Waals surface area contributed by atoms with Gasteiger partial charge in [0, 0.05) is 6.42 Å². The molecule has 2 atom stereocenters. The third-order valence-corrected chi connectivity index (χ3v) is 3.53. The molecule has 2 aliphatic rings. The summed E-state index contributed by atoms with van der Waals surface area (Å²) < 4.78 is 11.1. The Balaban J connectivity index is 2.50. The number of nitriles is 2. The van der Waals surface area contributed by atoms with Crippen molar-refractivity contribution in [3.8, 4) is 12.1 Å². The number of hydrogen-bond donors (Lipinski definition) is 2. The van der Waals surface area contributed by atoms with Crippen molar-refractivity contribution in [1.82, 2.24) is 0 Å². The van der Waals surface area contributed by atoms with Crippen LogP contribution in [0.1, 0.15) is 20.3 Å². The van der Waals surface area contributed by atoms with Crippen LogP contribution in [0.25, 0.3) is 0 Å². The molecule has 0 aromatic heterocycles. The van der Waals surface area contributed by atoms with E-state index in [0.29, 0.717) is 19.6 Å². The van der Waals surface area contributed by atoms with Crippen molar-refractivity contribution in [1.29, 1.82) is 10.5 Å². The summed E-state index contributed by atoms with van der Waals surface area (Å²) in [6.45, 7) is 4.34. The van der Waals surface area contributed by atoms with E-state index in [9.17, 15) is 10.5 Å². The molecule has 6 heteroatoms. The first-order valence-corrected chi connectivity index (χ1v) is 5.59. The van der Waals surface area contributed by atoms with E-state index < -0.39 is 16.7 Å². The summed E-state index contributed by atoms with van der Waals surface area (Å²) in [4.78, 5) is 2.86. The fraction of sp³-hybridized carbons (Fsp3) is 0.727. The summed E-state index contributed by atoms with van der Waals surface area (Å²) in [6, 6.07) is 4.28. The maximum Gasteiger partial charge on any atom is 0.342 e. The van der Waals surface area contributed by atoms with Crippen LogP contribution in [-0.2, 0) is 9.47 Å². The molecular weight excluding hydrogens is 220 g/mol. The number of fused-ring (bicyclic) bond motifs is 1. The molecule has 1 saturated carbocycles.